The summed E-state index contributed by atoms with van der Waals surface area (Å²) in [6.07, 6.45) is 0. The summed E-state index contributed by atoms with van der Waals surface area (Å²) in [4.78, 5) is 16.7. The summed E-state index contributed by atoms with van der Waals surface area (Å²) >= 11 is 5.99. The lowest BCUT2D eigenvalue weighted by Gasteiger charge is -2.08. The molecule has 1 aliphatic rings. The van der Waals surface area contributed by atoms with Crippen LogP contribution in [0, 0.1) is 0 Å². The van der Waals surface area contributed by atoms with E-state index < -0.39 is 5.97 Å². The molecule has 0 aliphatic carbocycles. The second-order valence-corrected chi connectivity index (χ2v) is 5.30. The molecule has 114 valence electrons. The van der Waals surface area contributed by atoms with Crippen molar-refractivity contribution in [3.8, 4) is 17.2 Å². The fraction of sp³-hybridized carbons (Fsp3) is 0.0588. The van der Waals surface area contributed by atoms with Gasteiger partial charge in [-0.1, -0.05) is 29.8 Å². The van der Waals surface area contributed by atoms with E-state index in [0.29, 0.717) is 33.7 Å². The van der Waals surface area contributed by atoms with Crippen LogP contribution >= 0.6 is 11.6 Å². The molecule has 4 rings (SSSR count). The standard InChI is InChI=1S/C17H10ClNO4/c18-16-8-12(11-3-1-2-4-13(11)19-16)17(20)23-10-5-6-14-15(7-10)22-9-21-14/h1-8H,9H2. The largest absolute Gasteiger partial charge is 0.454 e. The smallest absolute Gasteiger partial charge is 0.344 e. The van der Waals surface area contributed by atoms with Gasteiger partial charge < -0.3 is 14.2 Å². The SMILES string of the molecule is O=C(Oc1ccc2c(c1)OCO2)c1cc(Cl)nc2ccccc12. The van der Waals surface area contributed by atoms with Crippen LogP contribution in [0.4, 0.5) is 0 Å². The van der Waals surface area contributed by atoms with Crippen LogP contribution in [0.25, 0.3) is 10.9 Å². The fourth-order valence-corrected chi connectivity index (χ4v) is 2.61. The number of rotatable bonds is 2. The maximum atomic E-state index is 12.5. The summed E-state index contributed by atoms with van der Waals surface area (Å²) in [6.45, 7) is 0.164. The number of hydrogen-bond donors (Lipinski definition) is 0. The van der Waals surface area contributed by atoms with E-state index in [-0.39, 0.29) is 11.9 Å². The molecule has 0 spiro atoms. The Hall–Kier alpha value is -2.79. The average Bonchev–Trinajstić information content (AvgIpc) is 3.01. The molecule has 23 heavy (non-hydrogen) atoms. The number of hydrogen-bond acceptors (Lipinski definition) is 5. The average molecular weight is 328 g/mol. The van der Waals surface area contributed by atoms with Gasteiger partial charge >= 0.3 is 5.97 Å². The third-order valence-corrected chi connectivity index (χ3v) is 3.65. The quantitative estimate of drug-likeness (QED) is 0.406. The zero-order chi connectivity index (χ0) is 15.8. The summed E-state index contributed by atoms with van der Waals surface area (Å²) < 4.78 is 15.9. The molecule has 0 unspecified atom stereocenters. The number of aromatic nitrogens is 1. The first-order valence-corrected chi connectivity index (χ1v) is 7.25. The van der Waals surface area contributed by atoms with Gasteiger partial charge in [-0.15, -0.1) is 0 Å². The summed E-state index contributed by atoms with van der Waals surface area (Å²) in [5.74, 6) is 1.04. The van der Waals surface area contributed by atoms with Gasteiger partial charge in [-0.3, -0.25) is 0 Å². The number of carbonyl (C=O) groups is 1. The van der Waals surface area contributed by atoms with E-state index in [2.05, 4.69) is 4.98 Å². The second kappa shape index (κ2) is 5.44. The van der Waals surface area contributed by atoms with Crippen LogP contribution in [0.1, 0.15) is 10.4 Å². The number of benzene rings is 2. The van der Waals surface area contributed by atoms with Crippen LogP contribution in [0.15, 0.2) is 48.5 Å². The van der Waals surface area contributed by atoms with Crippen molar-refractivity contribution in [3.05, 3.63) is 59.2 Å². The molecule has 0 bridgehead atoms. The summed E-state index contributed by atoms with van der Waals surface area (Å²) in [7, 11) is 0. The van der Waals surface area contributed by atoms with Gasteiger partial charge in [0.15, 0.2) is 11.5 Å². The molecule has 2 aromatic carbocycles. The highest BCUT2D eigenvalue weighted by Crippen LogP contribution is 2.35. The number of halogens is 1. The van der Waals surface area contributed by atoms with E-state index in [1.165, 1.54) is 6.07 Å². The Balaban J connectivity index is 1.70. The number of para-hydroxylation sites is 1. The molecule has 1 aromatic heterocycles. The topological polar surface area (TPSA) is 57.7 Å². The number of carbonyl (C=O) groups excluding carboxylic acids is 1. The number of nitrogens with zero attached hydrogens (tertiary/aromatic N) is 1. The first-order chi connectivity index (χ1) is 11.2. The first-order valence-electron chi connectivity index (χ1n) is 6.88. The Morgan fingerprint density at radius 3 is 2.83 bits per heavy atom. The minimum atomic E-state index is -0.510. The Bertz CT molecular complexity index is 926. The summed E-state index contributed by atoms with van der Waals surface area (Å²) in [6, 6.07) is 13.7. The lowest BCUT2D eigenvalue weighted by Crippen LogP contribution is -2.09. The lowest BCUT2D eigenvalue weighted by molar-refractivity contribution is 0.0736. The van der Waals surface area contributed by atoms with Gasteiger partial charge in [0.05, 0.1) is 11.1 Å². The summed E-state index contributed by atoms with van der Waals surface area (Å²) in [5, 5.41) is 0.920. The van der Waals surface area contributed by atoms with E-state index >= 15 is 0 Å². The molecule has 1 aliphatic heterocycles. The van der Waals surface area contributed by atoms with Crippen LogP contribution < -0.4 is 14.2 Å². The summed E-state index contributed by atoms with van der Waals surface area (Å²) in [5.41, 5.74) is 0.996. The predicted octanol–water partition coefficient (Wildman–Crippen LogP) is 3.84. The molecule has 0 saturated heterocycles. The Labute approximate surface area is 136 Å². The zero-order valence-electron chi connectivity index (χ0n) is 11.8. The van der Waals surface area contributed by atoms with Gasteiger partial charge in [-0.05, 0) is 24.3 Å². The van der Waals surface area contributed by atoms with Gasteiger partial charge in [0.1, 0.15) is 10.9 Å². The first kappa shape index (κ1) is 13.8. The van der Waals surface area contributed by atoms with Crippen molar-refractivity contribution in [1.82, 2.24) is 4.98 Å². The molecule has 2 heterocycles. The Kier molecular flexibility index (Phi) is 3.28. The van der Waals surface area contributed by atoms with E-state index in [1.54, 1.807) is 30.3 Å². The van der Waals surface area contributed by atoms with Crippen LogP contribution in [0.5, 0.6) is 17.2 Å². The van der Waals surface area contributed by atoms with Gasteiger partial charge in [0, 0.05) is 11.5 Å². The highest BCUT2D eigenvalue weighted by molar-refractivity contribution is 6.30. The minimum absolute atomic E-state index is 0.164. The van der Waals surface area contributed by atoms with Crippen molar-refractivity contribution >= 4 is 28.5 Å². The number of esters is 1. The fourth-order valence-electron chi connectivity index (χ4n) is 2.41. The second-order valence-electron chi connectivity index (χ2n) is 4.91. The van der Waals surface area contributed by atoms with Crippen molar-refractivity contribution in [2.24, 2.45) is 0 Å². The lowest BCUT2D eigenvalue weighted by atomic mass is 10.1. The monoisotopic (exact) mass is 327 g/mol. The Morgan fingerprint density at radius 2 is 1.91 bits per heavy atom. The molecule has 0 atom stereocenters. The maximum Gasteiger partial charge on any atom is 0.344 e. The molecule has 0 N–H and O–H groups in total. The Morgan fingerprint density at radius 1 is 1.09 bits per heavy atom. The van der Waals surface area contributed by atoms with Gasteiger partial charge in [-0.25, -0.2) is 9.78 Å². The number of pyridine rings is 1. The van der Waals surface area contributed by atoms with E-state index in [0.717, 1.165) is 0 Å². The van der Waals surface area contributed by atoms with E-state index in [4.69, 9.17) is 25.8 Å². The van der Waals surface area contributed by atoms with E-state index in [9.17, 15) is 4.79 Å². The zero-order valence-corrected chi connectivity index (χ0v) is 12.5. The molecule has 0 fully saturated rings. The molecule has 3 aromatic rings. The van der Waals surface area contributed by atoms with Crippen LogP contribution in [0.2, 0.25) is 5.15 Å². The minimum Gasteiger partial charge on any atom is -0.454 e. The third kappa shape index (κ3) is 2.55. The van der Waals surface area contributed by atoms with Crippen molar-refractivity contribution < 1.29 is 19.0 Å². The molecular formula is C17H10ClNO4. The van der Waals surface area contributed by atoms with Gasteiger partial charge in [0.2, 0.25) is 6.79 Å². The normalized spacial score (nSPS) is 12.4. The van der Waals surface area contributed by atoms with Crippen molar-refractivity contribution in [2.75, 3.05) is 6.79 Å². The van der Waals surface area contributed by atoms with Crippen LogP contribution in [-0.4, -0.2) is 17.7 Å². The number of ether oxygens (including phenoxy) is 3. The van der Waals surface area contributed by atoms with E-state index in [1.807, 2.05) is 12.1 Å². The third-order valence-electron chi connectivity index (χ3n) is 3.46. The van der Waals surface area contributed by atoms with Gasteiger partial charge in [-0.2, -0.15) is 0 Å². The number of fused-ring (bicyclic) bond motifs is 2. The van der Waals surface area contributed by atoms with Crippen LogP contribution in [-0.2, 0) is 0 Å². The molecule has 5 nitrogen and oxygen atoms in total. The van der Waals surface area contributed by atoms with Crippen molar-refractivity contribution in [1.29, 1.82) is 0 Å². The molecule has 0 saturated carbocycles. The van der Waals surface area contributed by atoms with Gasteiger partial charge in [0.25, 0.3) is 0 Å². The highest BCUT2D eigenvalue weighted by Gasteiger charge is 2.18. The molecule has 0 amide bonds. The predicted molar refractivity (Wildman–Crippen MR) is 84.3 cm³/mol. The maximum absolute atomic E-state index is 12.5. The van der Waals surface area contributed by atoms with Crippen LogP contribution in [0.3, 0.4) is 0 Å². The van der Waals surface area contributed by atoms with Crippen molar-refractivity contribution in [3.63, 3.8) is 0 Å². The molecule has 0 radical (unpaired) electrons. The molecular weight excluding hydrogens is 318 g/mol. The molecule has 6 heteroatoms. The highest BCUT2D eigenvalue weighted by atomic mass is 35.5. The van der Waals surface area contributed by atoms with Crippen molar-refractivity contribution in [2.45, 2.75) is 0 Å².